The molecule has 0 saturated heterocycles. The first-order chi connectivity index (χ1) is 9.92. The Hall–Kier alpha value is -2.73. The maximum Gasteiger partial charge on any atom is 0.277 e. The molecule has 0 saturated carbocycles. The number of ether oxygens (including phenoxy) is 1. The van der Waals surface area contributed by atoms with Gasteiger partial charge in [0.15, 0.2) is 11.5 Å². The van der Waals surface area contributed by atoms with Crippen molar-refractivity contribution in [2.75, 3.05) is 0 Å². The van der Waals surface area contributed by atoms with Crippen molar-refractivity contribution in [1.82, 2.24) is 0 Å². The summed E-state index contributed by atoms with van der Waals surface area (Å²) in [5.41, 5.74) is 0.317. The molecule has 0 fully saturated rings. The molecule has 0 aliphatic carbocycles. The fourth-order valence-corrected chi connectivity index (χ4v) is 2.33. The van der Waals surface area contributed by atoms with Crippen molar-refractivity contribution in [3.63, 3.8) is 0 Å². The topological polar surface area (TPSA) is 107 Å². The lowest BCUT2D eigenvalue weighted by molar-refractivity contribution is -0.0889. The van der Waals surface area contributed by atoms with Crippen molar-refractivity contribution in [3.05, 3.63) is 47.5 Å². The molecular weight excluding hydrogens is 276 g/mol. The molecule has 6 nitrogen and oxygen atoms in total. The first kappa shape index (κ1) is 13.3. The summed E-state index contributed by atoms with van der Waals surface area (Å²) in [4.78, 5) is 12.3. The standard InChI is InChI=1S/C15H12O6/c16-9-6-10-11(13(18)12(9)17)14(19)15(20,21-10)7-8-4-2-1-3-5-8/h1-6,16-18,20H,7H2. The summed E-state index contributed by atoms with van der Waals surface area (Å²) in [5, 5.41) is 39.0. The Kier molecular flexibility index (Phi) is 2.77. The van der Waals surface area contributed by atoms with Gasteiger partial charge in [-0.1, -0.05) is 30.3 Å². The van der Waals surface area contributed by atoms with Crippen molar-refractivity contribution in [1.29, 1.82) is 0 Å². The van der Waals surface area contributed by atoms with E-state index in [1.165, 1.54) is 0 Å². The van der Waals surface area contributed by atoms with Gasteiger partial charge in [-0.25, -0.2) is 0 Å². The number of fused-ring (bicyclic) bond motifs is 1. The van der Waals surface area contributed by atoms with Gasteiger partial charge in [0.05, 0.1) is 0 Å². The zero-order valence-electron chi connectivity index (χ0n) is 10.8. The molecule has 1 aliphatic heterocycles. The van der Waals surface area contributed by atoms with Crippen LogP contribution in [0.25, 0.3) is 0 Å². The third kappa shape index (κ3) is 1.96. The van der Waals surface area contributed by atoms with E-state index >= 15 is 0 Å². The number of ketones is 1. The van der Waals surface area contributed by atoms with E-state index in [9.17, 15) is 25.2 Å². The first-order valence-electron chi connectivity index (χ1n) is 6.20. The number of rotatable bonds is 2. The number of carbonyl (C=O) groups is 1. The number of hydrogen-bond donors (Lipinski definition) is 4. The fourth-order valence-electron chi connectivity index (χ4n) is 2.33. The van der Waals surface area contributed by atoms with E-state index in [1.807, 2.05) is 0 Å². The number of carbonyl (C=O) groups excluding carboxylic acids is 1. The quantitative estimate of drug-likeness (QED) is 0.621. The molecule has 1 aliphatic rings. The van der Waals surface area contributed by atoms with Gasteiger partial charge in [0.2, 0.25) is 11.5 Å². The lowest BCUT2D eigenvalue weighted by Gasteiger charge is -2.20. The summed E-state index contributed by atoms with van der Waals surface area (Å²) in [6, 6.07) is 9.70. The van der Waals surface area contributed by atoms with E-state index in [0.717, 1.165) is 6.07 Å². The Balaban J connectivity index is 2.02. The van der Waals surface area contributed by atoms with E-state index in [4.69, 9.17) is 4.74 Å². The van der Waals surface area contributed by atoms with Crippen molar-refractivity contribution in [3.8, 4) is 23.0 Å². The van der Waals surface area contributed by atoms with Crippen molar-refractivity contribution >= 4 is 5.78 Å². The van der Waals surface area contributed by atoms with Crippen LogP contribution in [-0.4, -0.2) is 32.0 Å². The lowest BCUT2D eigenvalue weighted by Crippen LogP contribution is -2.42. The normalized spacial score (nSPS) is 20.1. The molecule has 6 heteroatoms. The van der Waals surface area contributed by atoms with Crippen LogP contribution >= 0.6 is 0 Å². The van der Waals surface area contributed by atoms with Crippen LogP contribution in [-0.2, 0) is 6.42 Å². The first-order valence-corrected chi connectivity index (χ1v) is 6.20. The summed E-state index contributed by atoms with van der Waals surface area (Å²) in [5.74, 6) is -5.49. The van der Waals surface area contributed by atoms with Gasteiger partial charge in [0.25, 0.3) is 5.79 Å². The van der Waals surface area contributed by atoms with Crippen LogP contribution in [0.5, 0.6) is 23.0 Å². The molecule has 3 rings (SSSR count). The molecule has 0 amide bonds. The van der Waals surface area contributed by atoms with Crippen molar-refractivity contribution < 1.29 is 30.0 Å². The summed E-state index contributed by atoms with van der Waals surface area (Å²) in [6.45, 7) is 0. The Bertz CT molecular complexity index is 725. The Labute approximate surface area is 119 Å². The predicted molar refractivity (Wildman–Crippen MR) is 71.5 cm³/mol. The van der Waals surface area contributed by atoms with Gasteiger partial charge in [0.1, 0.15) is 11.3 Å². The highest BCUT2D eigenvalue weighted by Crippen LogP contribution is 2.48. The molecule has 0 radical (unpaired) electrons. The number of benzene rings is 2. The molecule has 0 aromatic heterocycles. The number of Topliss-reactive ketones (excluding diaryl/α,β-unsaturated/α-hetero) is 1. The van der Waals surface area contributed by atoms with Gasteiger partial charge in [-0.2, -0.15) is 0 Å². The average Bonchev–Trinajstić information content (AvgIpc) is 2.69. The molecule has 1 unspecified atom stereocenters. The minimum atomic E-state index is -2.18. The largest absolute Gasteiger partial charge is 0.504 e. The van der Waals surface area contributed by atoms with Crippen LogP contribution in [0.15, 0.2) is 36.4 Å². The van der Waals surface area contributed by atoms with Gasteiger partial charge in [-0.3, -0.25) is 4.79 Å². The molecule has 1 heterocycles. The average molecular weight is 288 g/mol. The molecule has 0 spiro atoms. The third-order valence-electron chi connectivity index (χ3n) is 3.37. The second-order valence-electron chi connectivity index (χ2n) is 4.84. The van der Waals surface area contributed by atoms with Gasteiger partial charge < -0.3 is 25.2 Å². The summed E-state index contributed by atoms with van der Waals surface area (Å²) >= 11 is 0. The highest BCUT2D eigenvalue weighted by Gasteiger charge is 2.49. The lowest BCUT2D eigenvalue weighted by atomic mass is 9.98. The summed E-state index contributed by atoms with van der Waals surface area (Å²) < 4.78 is 5.20. The number of hydrogen-bond acceptors (Lipinski definition) is 6. The van der Waals surface area contributed by atoms with E-state index < -0.39 is 28.8 Å². The number of aromatic hydroxyl groups is 3. The highest BCUT2D eigenvalue weighted by molar-refractivity contribution is 6.09. The van der Waals surface area contributed by atoms with Crippen LogP contribution in [0.2, 0.25) is 0 Å². The van der Waals surface area contributed by atoms with Crippen LogP contribution in [0.4, 0.5) is 0 Å². The number of phenolic OH excluding ortho intramolecular Hbond substituents is 3. The number of aliphatic hydroxyl groups is 1. The van der Waals surface area contributed by atoms with Crippen LogP contribution in [0.3, 0.4) is 0 Å². The monoisotopic (exact) mass is 288 g/mol. The molecule has 108 valence electrons. The zero-order chi connectivity index (χ0) is 15.2. The molecule has 4 N–H and O–H groups in total. The zero-order valence-corrected chi connectivity index (χ0v) is 10.8. The molecule has 0 bridgehead atoms. The Morgan fingerprint density at radius 3 is 2.38 bits per heavy atom. The van der Waals surface area contributed by atoms with Crippen LogP contribution < -0.4 is 4.74 Å². The smallest absolute Gasteiger partial charge is 0.277 e. The minimum Gasteiger partial charge on any atom is -0.504 e. The van der Waals surface area contributed by atoms with E-state index in [2.05, 4.69) is 0 Å². The van der Waals surface area contributed by atoms with Gasteiger partial charge >= 0.3 is 0 Å². The van der Waals surface area contributed by atoms with E-state index in [-0.39, 0.29) is 17.7 Å². The summed E-state index contributed by atoms with van der Waals surface area (Å²) in [7, 11) is 0. The third-order valence-corrected chi connectivity index (χ3v) is 3.37. The van der Waals surface area contributed by atoms with Crippen LogP contribution in [0.1, 0.15) is 15.9 Å². The van der Waals surface area contributed by atoms with Gasteiger partial charge in [-0.05, 0) is 5.56 Å². The van der Waals surface area contributed by atoms with E-state index in [0.29, 0.717) is 5.56 Å². The van der Waals surface area contributed by atoms with Gasteiger partial charge in [-0.15, -0.1) is 0 Å². The summed E-state index contributed by atoms with van der Waals surface area (Å²) in [6.07, 6.45) is -0.123. The second kappa shape index (κ2) is 4.39. The van der Waals surface area contributed by atoms with Crippen molar-refractivity contribution in [2.45, 2.75) is 12.2 Å². The second-order valence-corrected chi connectivity index (χ2v) is 4.84. The Morgan fingerprint density at radius 2 is 1.71 bits per heavy atom. The van der Waals surface area contributed by atoms with Crippen molar-refractivity contribution in [2.24, 2.45) is 0 Å². The SMILES string of the molecule is O=C1c2c(cc(O)c(O)c2O)OC1(O)Cc1ccccc1. The maximum absolute atomic E-state index is 12.3. The predicted octanol–water partition coefficient (Wildman–Crippen LogP) is 1.31. The highest BCUT2D eigenvalue weighted by atomic mass is 16.6. The molecule has 21 heavy (non-hydrogen) atoms. The molecule has 2 aromatic carbocycles. The number of phenols is 3. The Morgan fingerprint density at radius 1 is 1.05 bits per heavy atom. The molecule has 1 atom stereocenters. The van der Waals surface area contributed by atoms with Crippen LogP contribution in [0, 0.1) is 0 Å². The molecule has 2 aromatic rings. The van der Waals surface area contributed by atoms with E-state index in [1.54, 1.807) is 30.3 Å². The molecular formula is C15H12O6. The maximum atomic E-state index is 12.3. The fraction of sp³-hybridized carbons (Fsp3) is 0.133. The van der Waals surface area contributed by atoms with Gasteiger partial charge in [0, 0.05) is 12.5 Å². The minimum absolute atomic E-state index is 0.123.